The standard InChI is InChI=1S/C16H25N/c1-12-8-9-16(13(2)10-12)11-17-14(3)15-6-4-5-7-15/h8-10,14-15,17H,4-7,11H2,1-3H3/t14-/m1/s1. The molecule has 1 aliphatic carbocycles. The molecule has 0 saturated heterocycles. The molecule has 0 unspecified atom stereocenters. The van der Waals surface area contributed by atoms with Gasteiger partial charge in [0.1, 0.15) is 0 Å². The Balaban J connectivity index is 1.88. The third-order valence-corrected chi connectivity index (χ3v) is 4.22. The third-order valence-electron chi connectivity index (χ3n) is 4.22. The smallest absolute Gasteiger partial charge is 0.0210 e. The van der Waals surface area contributed by atoms with Crippen molar-refractivity contribution < 1.29 is 0 Å². The third kappa shape index (κ3) is 3.32. The number of hydrogen-bond donors (Lipinski definition) is 1. The molecule has 0 radical (unpaired) electrons. The SMILES string of the molecule is Cc1ccc(CN[C@H](C)C2CCCC2)c(C)c1. The Morgan fingerprint density at radius 1 is 1.24 bits per heavy atom. The van der Waals surface area contributed by atoms with Crippen LogP contribution in [-0.2, 0) is 6.54 Å². The first kappa shape index (κ1) is 12.6. The van der Waals surface area contributed by atoms with Crippen molar-refractivity contribution in [3.63, 3.8) is 0 Å². The summed E-state index contributed by atoms with van der Waals surface area (Å²) in [7, 11) is 0. The van der Waals surface area contributed by atoms with Crippen LogP contribution in [0.25, 0.3) is 0 Å². The van der Waals surface area contributed by atoms with Crippen LogP contribution in [0.4, 0.5) is 0 Å². The first-order valence-electron chi connectivity index (χ1n) is 6.96. The average Bonchev–Trinajstić information content (AvgIpc) is 2.81. The minimum absolute atomic E-state index is 0.665. The van der Waals surface area contributed by atoms with E-state index in [2.05, 4.69) is 44.3 Å². The van der Waals surface area contributed by atoms with Crippen LogP contribution in [0.15, 0.2) is 18.2 Å². The number of hydrogen-bond acceptors (Lipinski definition) is 1. The fraction of sp³-hybridized carbons (Fsp3) is 0.625. The van der Waals surface area contributed by atoms with E-state index in [1.165, 1.54) is 42.4 Å². The van der Waals surface area contributed by atoms with E-state index in [0.717, 1.165) is 12.5 Å². The second-order valence-corrected chi connectivity index (χ2v) is 5.64. The molecule has 2 rings (SSSR count). The molecule has 1 aromatic carbocycles. The molecule has 1 atom stereocenters. The lowest BCUT2D eigenvalue weighted by Crippen LogP contribution is -2.31. The Labute approximate surface area is 106 Å². The van der Waals surface area contributed by atoms with Crippen molar-refractivity contribution in [1.82, 2.24) is 5.32 Å². The topological polar surface area (TPSA) is 12.0 Å². The Morgan fingerprint density at radius 3 is 2.59 bits per heavy atom. The molecular weight excluding hydrogens is 206 g/mol. The summed E-state index contributed by atoms with van der Waals surface area (Å²) in [5, 5.41) is 3.70. The van der Waals surface area contributed by atoms with Crippen molar-refractivity contribution >= 4 is 0 Å². The summed E-state index contributed by atoms with van der Waals surface area (Å²) in [6.45, 7) is 7.74. The normalized spacial score (nSPS) is 18.5. The number of aryl methyl sites for hydroxylation is 2. The van der Waals surface area contributed by atoms with Gasteiger partial charge in [-0.25, -0.2) is 0 Å². The van der Waals surface area contributed by atoms with Gasteiger partial charge in [0.05, 0.1) is 0 Å². The number of rotatable bonds is 4. The maximum Gasteiger partial charge on any atom is 0.0210 e. The van der Waals surface area contributed by atoms with Crippen molar-refractivity contribution in [2.24, 2.45) is 5.92 Å². The molecule has 1 aromatic rings. The molecule has 17 heavy (non-hydrogen) atoms. The summed E-state index contributed by atoms with van der Waals surface area (Å²) in [6.07, 6.45) is 5.70. The molecule has 1 fully saturated rings. The summed E-state index contributed by atoms with van der Waals surface area (Å²) in [5.74, 6) is 0.903. The lowest BCUT2D eigenvalue weighted by molar-refractivity contribution is 0.380. The van der Waals surface area contributed by atoms with E-state index in [1.807, 2.05) is 0 Å². The van der Waals surface area contributed by atoms with Crippen LogP contribution in [0.3, 0.4) is 0 Å². The van der Waals surface area contributed by atoms with Gasteiger partial charge in [-0.15, -0.1) is 0 Å². The van der Waals surface area contributed by atoms with Crippen LogP contribution in [-0.4, -0.2) is 6.04 Å². The second kappa shape index (κ2) is 5.68. The van der Waals surface area contributed by atoms with Crippen LogP contribution in [0.5, 0.6) is 0 Å². The van der Waals surface area contributed by atoms with Gasteiger partial charge < -0.3 is 5.32 Å². The largest absolute Gasteiger partial charge is 0.310 e. The van der Waals surface area contributed by atoms with E-state index in [-0.39, 0.29) is 0 Å². The minimum atomic E-state index is 0.665. The van der Waals surface area contributed by atoms with Crippen molar-refractivity contribution in [1.29, 1.82) is 0 Å². The number of nitrogens with one attached hydrogen (secondary N) is 1. The Bertz CT molecular complexity index is 364. The number of benzene rings is 1. The minimum Gasteiger partial charge on any atom is -0.310 e. The molecule has 0 amide bonds. The lowest BCUT2D eigenvalue weighted by Gasteiger charge is -2.21. The zero-order valence-corrected chi connectivity index (χ0v) is 11.4. The molecule has 1 aliphatic rings. The van der Waals surface area contributed by atoms with Gasteiger partial charge in [-0.05, 0) is 50.7 Å². The lowest BCUT2D eigenvalue weighted by atomic mass is 9.99. The molecule has 0 bridgehead atoms. The summed E-state index contributed by atoms with van der Waals surface area (Å²) in [4.78, 5) is 0. The van der Waals surface area contributed by atoms with Gasteiger partial charge in [0.2, 0.25) is 0 Å². The van der Waals surface area contributed by atoms with Crippen molar-refractivity contribution in [2.75, 3.05) is 0 Å². The maximum absolute atomic E-state index is 3.70. The Hall–Kier alpha value is -0.820. The van der Waals surface area contributed by atoms with Crippen molar-refractivity contribution in [2.45, 2.75) is 59.0 Å². The van der Waals surface area contributed by atoms with Gasteiger partial charge in [0.25, 0.3) is 0 Å². The second-order valence-electron chi connectivity index (χ2n) is 5.64. The average molecular weight is 231 g/mol. The zero-order valence-electron chi connectivity index (χ0n) is 11.4. The van der Waals surface area contributed by atoms with E-state index < -0.39 is 0 Å². The van der Waals surface area contributed by atoms with Crippen LogP contribution in [0, 0.1) is 19.8 Å². The van der Waals surface area contributed by atoms with Gasteiger partial charge in [0.15, 0.2) is 0 Å². The fourth-order valence-corrected chi connectivity index (χ4v) is 2.94. The molecule has 1 nitrogen and oxygen atoms in total. The van der Waals surface area contributed by atoms with Gasteiger partial charge in [-0.2, -0.15) is 0 Å². The molecule has 1 heteroatoms. The van der Waals surface area contributed by atoms with Gasteiger partial charge in [0, 0.05) is 12.6 Å². The van der Waals surface area contributed by atoms with Crippen LogP contribution in [0.1, 0.15) is 49.3 Å². The molecule has 0 heterocycles. The van der Waals surface area contributed by atoms with Gasteiger partial charge in [-0.1, -0.05) is 36.6 Å². The summed E-state index contributed by atoms with van der Waals surface area (Å²) in [5.41, 5.74) is 4.21. The highest BCUT2D eigenvalue weighted by Crippen LogP contribution is 2.27. The predicted octanol–water partition coefficient (Wildman–Crippen LogP) is 3.97. The van der Waals surface area contributed by atoms with Gasteiger partial charge >= 0.3 is 0 Å². The van der Waals surface area contributed by atoms with E-state index >= 15 is 0 Å². The van der Waals surface area contributed by atoms with Crippen LogP contribution < -0.4 is 5.32 Å². The molecule has 0 aromatic heterocycles. The van der Waals surface area contributed by atoms with E-state index in [9.17, 15) is 0 Å². The highest BCUT2D eigenvalue weighted by Gasteiger charge is 2.20. The molecular formula is C16H25N. The van der Waals surface area contributed by atoms with E-state index in [1.54, 1.807) is 0 Å². The first-order chi connectivity index (χ1) is 8.16. The first-order valence-corrected chi connectivity index (χ1v) is 6.96. The summed E-state index contributed by atoms with van der Waals surface area (Å²) < 4.78 is 0. The zero-order chi connectivity index (χ0) is 12.3. The molecule has 94 valence electrons. The molecule has 1 N–H and O–H groups in total. The van der Waals surface area contributed by atoms with Gasteiger partial charge in [-0.3, -0.25) is 0 Å². The predicted molar refractivity (Wildman–Crippen MR) is 74.2 cm³/mol. The maximum atomic E-state index is 3.70. The Kier molecular flexibility index (Phi) is 4.22. The van der Waals surface area contributed by atoms with Crippen LogP contribution in [0.2, 0.25) is 0 Å². The quantitative estimate of drug-likeness (QED) is 0.826. The Morgan fingerprint density at radius 2 is 1.94 bits per heavy atom. The van der Waals surface area contributed by atoms with E-state index in [4.69, 9.17) is 0 Å². The highest BCUT2D eigenvalue weighted by molar-refractivity contribution is 5.30. The highest BCUT2D eigenvalue weighted by atomic mass is 14.9. The fourth-order valence-electron chi connectivity index (χ4n) is 2.94. The molecule has 0 spiro atoms. The van der Waals surface area contributed by atoms with E-state index in [0.29, 0.717) is 6.04 Å². The molecule has 0 aliphatic heterocycles. The monoisotopic (exact) mass is 231 g/mol. The van der Waals surface area contributed by atoms with Crippen molar-refractivity contribution in [3.8, 4) is 0 Å². The summed E-state index contributed by atoms with van der Waals surface area (Å²) in [6, 6.07) is 7.42. The van der Waals surface area contributed by atoms with Crippen LogP contribution >= 0.6 is 0 Å². The molecule has 1 saturated carbocycles. The summed E-state index contributed by atoms with van der Waals surface area (Å²) >= 11 is 0. The van der Waals surface area contributed by atoms with Crippen molar-refractivity contribution in [3.05, 3.63) is 34.9 Å².